The number of aryl methyl sites for hydroxylation is 2. The number of carbonyl (C=O) groups excluding carboxylic acids is 2. The molecule has 0 radical (unpaired) electrons. The summed E-state index contributed by atoms with van der Waals surface area (Å²) < 4.78 is 29.5. The number of carbonyl (C=O) groups is 2. The van der Waals surface area contributed by atoms with Crippen molar-refractivity contribution in [3.05, 3.63) is 64.4 Å². The summed E-state index contributed by atoms with van der Waals surface area (Å²) in [5, 5.41) is 7.69. The minimum atomic E-state index is -3.75. The Morgan fingerprint density at radius 3 is 2.50 bits per heavy atom. The van der Waals surface area contributed by atoms with Crippen molar-refractivity contribution in [2.24, 2.45) is 5.14 Å². The van der Waals surface area contributed by atoms with Gasteiger partial charge in [-0.25, -0.2) is 18.5 Å². The number of rotatable bonds is 8. The van der Waals surface area contributed by atoms with Crippen molar-refractivity contribution in [1.82, 2.24) is 9.55 Å². The van der Waals surface area contributed by atoms with E-state index in [2.05, 4.69) is 4.98 Å². The monoisotopic (exact) mass is 447 g/mol. The zero-order chi connectivity index (χ0) is 21.9. The van der Waals surface area contributed by atoms with Gasteiger partial charge in [-0.1, -0.05) is 12.1 Å². The normalized spacial score (nSPS) is 11.4. The quantitative estimate of drug-likeness (QED) is 0.418. The number of Topliss-reactive ketones (excluding diaryl/α,β-unsaturated/α-hetero) is 1. The average Bonchev–Trinajstić information content (AvgIpc) is 3.31. The van der Waals surface area contributed by atoms with E-state index in [1.54, 1.807) is 24.4 Å². The predicted molar refractivity (Wildman–Crippen MR) is 112 cm³/mol. The summed E-state index contributed by atoms with van der Waals surface area (Å²) in [5.74, 6) is -0.788. The maximum Gasteiger partial charge on any atom is 0.306 e. The summed E-state index contributed by atoms with van der Waals surface area (Å²) in [7, 11) is -3.75. The third-order valence-electron chi connectivity index (χ3n) is 4.58. The van der Waals surface area contributed by atoms with Crippen molar-refractivity contribution >= 4 is 33.1 Å². The molecule has 2 N–H and O–H groups in total. The number of benzene rings is 1. The Kier molecular flexibility index (Phi) is 6.49. The van der Waals surface area contributed by atoms with E-state index in [4.69, 9.17) is 9.88 Å². The van der Waals surface area contributed by atoms with E-state index in [9.17, 15) is 18.0 Å². The number of esters is 1. The van der Waals surface area contributed by atoms with Gasteiger partial charge in [-0.2, -0.15) is 0 Å². The van der Waals surface area contributed by atoms with Crippen LogP contribution in [0.4, 0.5) is 0 Å². The van der Waals surface area contributed by atoms with Crippen LogP contribution in [-0.4, -0.2) is 36.3 Å². The third kappa shape index (κ3) is 5.02. The van der Waals surface area contributed by atoms with Gasteiger partial charge in [0.25, 0.3) is 0 Å². The molecular formula is C20H21N3O5S2. The van der Waals surface area contributed by atoms with E-state index in [1.165, 1.54) is 23.5 Å². The van der Waals surface area contributed by atoms with Crippen molar-refractivity contribution in [2.45, 2.75) is 31.6 Å². The summed E-state index contributed by atoms with van der Waals surface area (Å²) in [6.45, 7) is 3.37. The summed E-state index contributed by atoms with van der Waals surface area (Å²) in [5.41, 5.74) is 2.88. The zero-order valence-electron chi connectivity index (χ0n) is 16.5. The number of aromatic nitrogens is 2. The Labute approximate surface area is 178 Å². The Morgan fingerprint density at radius 2 is 1.90 bits per heavy atom. The van der Waals surface area contributed by atoms with Gasteiger partial charge in [-0.05, 0) is 44.0 Å². The standard InChI is InChI=1S/C20H21N3O5S2/c1-13-11-17(14(2)23(13)20-22-9-10-29-20)18(24)12-28-19(25)8-5-15-3-6-16(7-4-15)30(21,26)27/h3-4,6-7,9-11H,5,8,12H2,1-2H3,(H2,21,26,27). The number of nitrogens with zero attached hydrogens (tertiary/aromatic N) is 2. The number of primary sulfonamides is 1. The summed E-state index contributed by atoms with van der Waals surface area (Å²) in [6.07, 6.45) is 2.13. The smallest absolute Gasteiger partial charge is 0.306 e. The lowest BCUT2D eigenvalue weighted by molar-refractivity contribution is -0.142. The van der Waals surface area contributed by atoms with Gasteiger partial charge in [-0.3, -0.25) is 14.2 Å². The van der Waals surface area contributed by atoms with Crippen molar-refractivity contribution in [3.8, 4) is 5.13 Å². The fourth-order valence-electron chi connectivity index (χ4n) is 3.05. The second-order valence-electron chi connectivity index (χ2n) is 6.71. The van der Waals surface area contributed by atoms with E-state index in [-0.39, 0.29) is 23.7 Å². The van der Waals surface area contributed by atoms with Crippen molar-refractivity contribution < 1.29 is 22.7 Å². The van der Waals surface area contributed by atoms with Gasteiger partial charge < -0.3 is 4.74 Å². The van der Waals surface area contributed by atoms with Crippen LogP contribution in [0.3, 0.4) is 0 Å². The lowest BCUT2D eigenvalue weighted by Gasteiger charge is -2.07. The first kappa shape index (κ1) is 21.9. The molecule has 10 heteroatoms. The van der Waals surface area contributed by atoms with Crippen LogP contribution in [0.15, 0.2) is 46.8 Å². The lowest BCUT2D eigenvalue weighted by Crippen LogP contribution is -2.15. The number of ether oxygens (including phenoxy) is 1. The Hall–Kier alpha value is -2.82. The molecule has 0 atom stereocenters. The van der Waals surface area contributed by atoms with Crippen LogP contribution in [-0.2, 0) is 26.0 Å². The molecule has 0 bridgehead atoms. The largest absolute Gasteiger partial charge is 0.457 e. The molecule has 0 unspecified atom stereocenters. The van der Waals surface area contributed by atoms with Crippen LogP contribution in [0.5, 0.6) is 0 Å². The van der Waals surface area contributed by atoms with Crippen LogP contribution in [0.1, 0.15) is 33.7 Å². The fraction of sp³-hybridized carbons (Fsp3) is 0.250. The number of ketones is 1. The van der Waals surface area contributed by atoms with E-state index >= 15 is 0 Å². The van der Waals surface area contributed by atoms with Crippen LogP contribution >= 0.6 is 11.3 Å². The topological polar surface area (TPSA) is 121 Å². The Balaban J connectivity index is 1.55. The molecule has 0 aliphatic rings. The van der Waals surface area contributed by atoms with Crippen molar-refractivity contribution in [1.29, 1.82) is 0 Å². The SMILES string of the molecule is Cc1cc(C(=O)COC(=O)CCc2ccc(S(N)(=O)=O)cc2)c(C)n1-c1nccs1. The molecule has 0 spiro atoms. The van der Waals surface area contributed by atoms with E-state index in [0.717, 1.165) is 22.1 Å². The van der Waals surface area contributed by atoms with Gasteiger partial charge in [0.1, 0.15) is 0 Å². The molecule has 0 aliphatic carbocycles. The zero-order valence-corrected chi connectivity index (χ0v) is 18.1. The molecule has 0 saturated heterocycles. The number of thiazole rings is 1. The molecular weight excluding hydrogens is 426 g/mol. The molecule has 2 heterocycles. The molecule has 3 aromatic rings. The van der Waals surface area contributed by atoms with Gasteiger partial charge >= 0.3 is 5.97 Å². The van der Waals surface area contributed by atoms with Gasteiger partial charge in [-0.15, -0.1) is 11.3 Å². The first-order valence-corrected chi connectivity index (χ1v) is 11.5. The van der Waals surface area contributed by atoms with E-state index in [1.807, 2.05) is 23.8 Å². The van der Waals surface area contributed by atoms with Gasteiger partial charge in [0.2, 0.25) is 15.8 Å². The highest BCUT2D eigenvalue weighted by atomic mass is 32.2. The number of sulfonamides is 1. The summed E-state index contributed by atoms with van der Waals surface area (Å²) >= 11 is 1.47. The molecule has 0 amide bonds. The molecule has 1 aromatic carbocycles. The Bertz CT molecular complexity index is 1160. The molecule has 0 fully saturated rings. The van der Waals surface area contributed by atoms with Gasteiger partial charge in [0.05, 0.1) is 4.90 Å². The van der Waals surface area contributed by atoms with Crippen LogP contribution < -0.4 is 5.14 Å². The van der Waals surface area contributed by atoms with Gasteiger partial charge in [0.15, 0.2) is 11.7 Å². The van der Waals surface area contributed by atoms with Crippen molar-refractivity contribution in [3.63, 3.8) is 0 Å². The van der Waals surface area contributed by atoms with Crippen LogP contribution in [0.2, 0.25) is 0 Å². The summed E-state index contributed by atoms with van der Waals surface area (Å²) in [6, 6.07) is 7.72. The first-order valence-electron chi connectivity index (χ1n) is 9.06. The molecule has 0 saturated carbocycles. The molecule has 2 aromatic heterocycles. The minimum absolute atomic E-state index is 0.00905. The van der Waals surface area contributed by atoms with Gasteiger partial charge in [0, 0.05) is 34.9 Å². The first-order chi connectivity index (χ1) is 14.2. The van der Waals surface area contributed by atoms with E-state index in [0.29, 0.717) is 12.0 Å². The van der Waals surface area contributed by atoms with E-state index < -0.39 is 16.0 Å². The van der Waals surface area contributed by atoms with Crippen molar-refractivity contribution in [2.75, 3.05) is 6.61 Å². The molecule has 158 valence electrons. The second kappa shape index (κ2) is 8.90. The maximum absolute atomic E-state index is 12.5. The number of hydrogen-bond acceptors (Lipinski definition) is 7. The maximum atomic E-state index is 12.5. The fourth-order valence-corrected chi connectivity index (χ4v) is 4.32. The lowest BCUT2D eigenvalue weighted by atomic mass is 10.1. The number of hydrogen-bond donors (Lipinski definition) is 1. The molecule has 8 nitrogen and oxygen atoms in total. The summed E-state index contributed by atoms with van der Waals surface area (Å²) in [4.78, 5) is 28.8. The predicted octanol–water partition coefficient (Wildman–Crippen LogP) is 2.56. The van der Waals surface area contributed by atoms with Crippen LogP contribution in [0.25, 0.3) is 5.13 Å². The Morgan fingerprint density at radius 1 is 1.20 bits per heavy atom. The molecule has 30 heavy (non-hydrogen) atoms. The third-order valence-corrected chi connectivity index (χ3v) is 6.26. The highest BCUT2D eigenvalue weighted by Gasteiger charge is 2.19. The molecule has 0 aliphatic heterocycles. The average molecular weight is 448 g/mol. The number of nitrogens with two attached hydrogens (primary N) is 1. The second-order valence-corrected chi connectivity index (χ2v) is 9.14. The highest BCUT2D eigenvalue weighted by molar-refractivity contribution is 7.89. The highest BCUT2D eigenvalue weighted by Crippen LogP contribution is 2.22. The van der Waals surface area contributed by atoms with Crippen LogP contribution in [0, 0.1) is 13.8 Å². The molecule has 3 rings (SSSR count). The minimum Gasteiger partial charge on any atom is -0.457 e.